The van der Waals surface area contributed by atoms with E-state index in [4.69, 9.17) is 14.2 Å². The number of rotatable bonds is 3. The van der Waals surface area contributed by atoms with Crippen molar-refractivity contribution in [3.8, 4) is 0 Å². The molecule has 1 aliphatic heterocycles. The van der Waals surface area contributed by atoms with Crippen LogP contribution in [0.5, 0.6) is 0 Å². The summed E-state index contributed by atoms with van der Waals surface area (Å²) < 4.78 is 18.7. The lowest BCUT2D eigenvalue weighted by molar-refractivity contribution is -0.399. The van der Waals surface area contributed by atoms with Crippen molar-refractivity contribution >= 4 is 5.97 Å². The second kappa shape index (κ2) is 6.21. The summed E-state index contributed by atoms with van der Waals surface area (Å²) in [5.41, 5.74) is -0.461. The second-order valence-electron chi connectivity index (χ2n) is 9.38. The van der Waals surface area contributed by atoms with E-state index in [-0.39, 0.29) is 47.6 Å². The zero-order chi connectivity index (χ0) is 18.6. The largest absolute Gasteiger partial charge is 0.462 e. The fourth-order valence-electron chi connectivity index (χ4n) is 6.05. The molecule has 7 atom stereocenters. The molecule has 25 heavy (non-hydrogen) atoms. The van der Waals surface area contributed by atoms with E-state index in [1.807, 2.05) is 13.8 Å². The van der Waals surface area contributed by atoms with E-state index in [0.717, 1.165) is 25.7 Å². The number of ether oxygens (including phenoxy) is 3. The van der Waals surface area contributed by atoms with Crippen LogP contribution in [-0.2, 0) is 19.0 Å². The lowest BCUT2D eigenvalue weighted by Crippen LogP contribution is -2.70. The fraction of sp³-hybridized carbons (Fsp3) is 0.950. The highest BCUT2D eigenvalue weighted by molar-refractivity contribution is 5.66. The molecule has 0 bridgehead atoms. The highest BCUT2D eigenvalue weighted by Crippen LogP contribution is 2.62. The molecule has 3 fully saturated rings. The van der Waals surface area contributed by atoms with Gasteiger partial charge < -0.3 is 19.3 Å². The van der Waals surface area contributed by atoms with Crippen LogP contribution in [0.15, 0.2) is 0 Å². The van der Waals surface area contributed by atoms with Crippen molar-refractivity contribution in [2.75, 3.05) is 6.61 Å². The average molecular weight is 354 g/mol. The molecule has 2 saturated carbocycles. The number of hydrogen-bond acceptors (Lipinski definition) is 5. The molecule has 1 saturated heterocycles. The highest BCUT2D eigenvalue weighted by Gasteiger charge is 2.66. The van der Waals surface area contributed by atoms with Gasteiger partial charge in [-0.3, -0.25) is 4.79 Å². The van der Waals surface area contributed by atoms with Gasteiger partial charge in [-0.05, 0) is 58.3 Å². The number of carbonyl (C=O) groups excluding carboxylic acids is 1. The van der Waals surface area contributed by atoms with Crippen LogP contribution < -0.4 is 0 Å². The summed E-state index contributed by atoms with van der Waals surface area (Å²) in [5.74, 6) is -0.229. The normalized spacial score (nSPS) is 46.8. The molecule has 2 aliphatic carbocycles. The highest BCUT2D eigenvalue weighted by atomic mass is 16.7. The summed E-state index contributed by atoms with van der Waals surface area (Å²) in [5, 5.41) is 9.75. The Kier molecular flexibility index (Phi) is 4.75. The predicted molar refractivity (Wildman–Crippen MR) is 93.8 cm³/mol. The maximum Gasteiger partial charge on any atom is 0.302 e. The van der Waals surface area contributed by atoms with Crippen LogP contribution in [0.3, 0.4) is 0 Å². The molecule has 0 radical (unpaired) electrons. The summed E-state index contributed by atoms with van der Waals surface area (Å²) >= 11 is 0. The van der Waals surface area contributed by atoms with Crippen molar-refractivity contribution in [1.29, 1.82) is 0 Å². The van der Waals surface area contributed by atoms with Crippen LogP contribution in [0.2, 0.25) is 0 Å². The van der Waals surface area contributed by atoms with Gasteiger partial charge in [-0.1, -0.05) is 13.8 Å². The van der Waals surface area contributed by atoms with Crippen LogP contribution >= 0.6 is 0 Å². The van der Waals surface area contributed by atoms with Gasteiger partial charge in [0.2, 0.25) is 0 Å². The lowest BCUT2D eigenvalue weighted by Gasteiger charge is -2.66. The average Bonchev–Trinajstić information content (AvgIpc) is 2.48. The van der Waals surface area contributed by atoms with E-state index in [2.05, 4.69) is 20.8 Å². The minimum atomic E-state index is -0.643. The quantitative estimate of drug-likeness (QED) is 0.788. The predicted octanol–water partition coefficient (Wildman–Crippen LogP) is 3.28. The van der Waals surface area contributed by atoms with Gasteiger partial charge in [0.15, 0.2) is 5.79 Å². The SMILES string of the molecule is CC(=O)O[C@@H]1CC[C@@]2(C)OC(C)(C)O[C@H]3[C@H]([C@H](C)CO)CC[C@]1(C)[C@@H]32. The molecule has 0 spiro atoms. The molecule has 1 heterocycles. The molecule has 1 N–H and O–H groups in total. The molecule has 0 amide bonds. The Bertz CT molecular complexity index is 532. The third-order valence-electron chi connectivity index (χ3n) is 7.00. The first-order chi connectivity index (χ1) is 11.5. The van der Waals surface area contributed by atoms with Gasteiger partial charge in [0.1, 0.15) is 6.10 Å². The Labute approximate surface area is 151 Å². The molecule has 5 nitrogen and oxygen atoms in total. The third kappa shape index (κ3) is 3.13. The third-order valence-corrected chi connectivity index (χ3v) is 7.00. The molecule has 3 aliphatic rings. The lowest BCUT2D eigenvalue weighted by atomic mass is 9.49. The van der Waals surface area contributed by atoms with E-state index in [1.54, 1.807) is 0 Å². The van der Waals surface area contributed by atoms with Gasteiger partial charge in [0.25, 0.3) is 0 Å². The minimum Gasteiger partial charge on any atom is -0.462 e. The van der Waals surface area contributed by atoms with Crippen molar-refractivity contribution < 1.29 is 24.1 Å². The van der Waals surface area contributed by atoms with E-state index in [1.165, 1.54) is 6.92 Å². The molecule has 144 valence electrons. The maximum atomic E-state index is 11.7. The van der Waals surface area contributed by atoms with E-state index in [0.29, 0.717) is 5.92 Å². The molecular weight excluding hydrogens is 320 g/mol. The van der Waals surface area contributed by atoms with Gasteiger partial charge >= 0.3 is 5.97 Å². The number of esters is 1. The zero-order valence-corrected chi connectivity index (χ0v) is 16.5. The van der Waals surface area contributed by atoms with Crippen molar-refractivity contribution in [2.45, 2.75) is 90.8 Å². The molecule has 3 rings (SSSR count). The Morgan fingerprint density at radius 1 is 1.24 bits per heavy atom. The van der Waals surface area contributed by atoms with E-state index < -0.39 is 5.79 Å². The van der Waals surface area contributed by atoms with Crippen LogP contribution in [0.1, 0.15) is 67.2 Å². The number of aliphatic hydroxyl groups excluding tert-OH is 1. The smallest absolute Gasteiger partial charge is 0.302 e. The number of carbonyl (C=O) groups is 1. The van der Waals surface area contributed by atoms with Crippen molar-refractivity contribution in [3.63, 3.8) is 0 Å². The van der Waals surface area contributed by atoms with Crippen LogP contribution in [0, 0.1) is 23.2 Å². The first-order valence-electron chi connectivity index (χ1n) is 9.68. The number of aliphatic hydroxyl groups is 1. The van der Waals surface area contributed by atoms with Crippen molar-refractivity contribution in [2.24, 2.45) is 23.2 Å². The summed E-state index contributed by atoms with van der Waals surface area (Å²) in [6.45, 7) is 12.2. The molecule has 0 unspecified atom stereocenters. The zero-order valence-electron chi connectivity index (χ0n) is 16.5. The summed E-state index contributed by atoms with van der Waals surface area (Å²) in [6.07, 6.45) is 3.53. The number of hydrogen-bond donors (Lipinski definition) is 1. The first-order valence-corrected chi connectivity index (χ1v) is 9.68. The summed E-state index contributed by atoms with van der Waals surface area (Å²) in [7, 11) is 0. The van der Waals surface area contributed by atoms with Crippen molar-refractivity contribution in [3.05, 3.63) is 0 Å². The standard InChI is InChI=1S/C20H34O5/c1-12(11-21)14-7-9-19(5)15(23-13(2)22)8-10-20(6)17(19)16(14)24-18(3,4)25-20/h12,14-17,21H,7-11H2,1-6H3/t12-,14+,15-,16+,17-,19+,20-/m1/s1. The van der Waals surface area contributed by atoms with Crippen LogP contribution in [-0.4, -0.2) is 41.3 Å². The minimum absolute atomic E-state index is 0.00741. The second-order valence-corrected chi connectivity index (χ2v) is 9.38. The Morgan fingerprint density at radius 3 is 2.52 bits per heavy atom. The Hall–Kier alpha value is -0.650. The molecule has 5 heteroatoms. The molecule has 0 aromatic carbocycles. The van der Waals surface area contributed by atoms with Gasteiger partial charge in [-0.25, -0.2) is 0 Å². The Balaban J connectivity index is 2.02. The summed E-state index contributed by atoms with van der Waals surface area (Å²) in [6, 6.07) is 0. The van der Waals surface area contributed by atoms with Crippen LogP contribution in [0.25, 0.3) is 0 Å². The Morgan fingerprint density at radius 2 is 1.92 bits per heavy atom. The van der Waals surface area contributed by atoms with Gasteiger partial charge in [0, 0.05) is 24.9 Å². The first kappa shape index (κ1) is 19.1. The van der Waals surface area contributed by atoms with Crippen molar-refractivity contribution in [1.82, 2.24) is 0 Å². The fourth-order valence-corrected chi connectivity index (χ4v) is 6.05. The monoisotopic (exact) mass is 354 g/mol. The van der Waals surface area contributed by atoms with Crippen LogP contribution in [0.4, 0.5) is 0 Å². The van der Waals surface area contributed by atoms with Gasteiger partial charge in [-0.15, -0.1) is 0 Å². The summed E-state index contributed by atoms with van der Waals surface area (Å²) in [4.78, 5) is 11.7. The maximum absolute atomic E-state index is 11.7. The van der Waals surface area contributed by atoms with E-state index >= 15 is 0 Å². The molecule has 0 aromatic rings. The van der Waals surface area contributed by atoms with E-state index in [9.17, 15) is 9.90 Å². The topological polar surface area (TPSA) is 65.0 Å². The van der Waals surface area contributed by atoms with Gasteiger partial charge in [-0.2, -0.15) is 0 Å². The molecular formula is C20H34O5. The van der Waals surface area contributed by atoms with Gasteiger partial charge in [0.05, 0.1) is 11.7 Å². The molecule has 0 aromatic heterocycles.